The highest BCUT2D eigenvalue weighted by atomic mass is 16.3. The second-order valence-electron chi connectivity index (χ2n) is 5.37. The van der Waals surface area contributed by atoms with Crippen LogP contribution >= 0.6 is 0 Å². The van der Waals surface area contributed by atoms with Gasteiger partial charge in [0.25, 0.3) is 0 Å². The van der Waals surface area contributed by atoms with Gasteiger partial charge in [0.05, 0.1) is 6.10 Å². The van der Waals surface area contributed by atoms with Crippen molar-refractivity contribution in [3.63, 3.8) is 0 Å². The maximum Gasteiger partial charge on any atom is 0.0574 e. The van der Waals surface area contributed by atoms with E-state index in [0.29, 0.717) is 11.3 Å². The van der Waals surface area contributed by atoms with Gasteiger partial charge in [0.1, 0.15) is 0 Å². The lowest BCUT2D eigenvalue weighted by Crippen LogP contribution is -2.20. The van der Waals surface area contributed by atoms with Crippen molar-refractivity contribution in [3.05, 3.63) is 12.2 Å². The van der Waals surface area contributed by atoms with Crippen LogP contribution in [0.15, 0.2) is 12.2 Å². The van der Waals surface area contributed by atoms with Gasteiger partial charge in [-0.25, -0.2) is 0 Å². The minimum absolute atomic E-state index is 0.0887. The van der Waals surface area contributed by atoms with Crippen molar-refractivity contribution >= 4 is 0 Å². The molecule has 0 radical (unpaired) electrons. The van der Waals surface area contributed by atoms with E-state index in [0.717, 1.165) is 25.7 Å². The molecule has 0 spiro atoms. The van der Waals surface area contributed by atoms with Gasteiger partial charge in [-0.05, 0) is 37.0 Å². The van der Waals surface area contributed by atoms with E-state index in [2.05, 4.69) is 32.9 Å². The first-order valence-corrected chi connectivity index (χ1v) is 5.32. The van der Waals surface area contributed by atoms with Crippen LogP contribution in [0, 0.1) is 11.3 Å². The highest BCUT2D eigenvalue weighted by Crippen LogP contribution is 2.28. The van der Waals surface area contributed by atoms with Gasteiger partial charge in [-0.15, -0.1) is 0 Å². The summed E-state index contributed by atoms with van der Waals surface area (Å²) >= 11 is 0. The molecule has 0 bridgehead atoms. The first-order valence-electron chi connectivity index (χ1n) is 5.32. The summed E-state index contributed by atoms with van der Waals surface area (Å²) in [6.45, 7) is 6.69. The average molecular weight is 182 g/mol. The topological polar surface area (TPSA) is 20.2 Å². The zero-order valence-electron chi connectivity index (χ0n) is 9.09. The van der Waals surface area contributed by atoms with Crippen LogP contribution in [0.2, 0.25) is 0 Å². The molecule has 1 heteroatoms. The predicted molar refractivity (Wildman–Crippen MR) is 56.6 cm³/mol. The zero-order valence-corrected chi connectivity index (χ0v) is 9.09. The molecule has 76 valence electrons. The summed E-state index contributed by atoms with van der Waals surface area (Å²) in [5.41, 5.74) is 0.354. The number of aliphatic hydroxyl groups excluding tert-OH is 1. The molecule has 1 rings (SSSR count). The molecule has 0 aromatic carbocycles. The van der Waals surface area contributed by atoms with Crippen LogP contribution in [0.25, 0.3) is 0 Å². The third-order valence-corrected chi connectivity index (χ3v) is 2.78. The van der Waals surface area contributed by atoms with E-state index < -0.39 is 0 Å². The van der Waals surface area contributed by atoms with E-state index in [1.165, 1.54) is 0 Å². The maximum atomic E-state index is 9.87. The van der Waals surface area contributed by atoms with Gasteiger partial charge in [-0.2, -0.15) is 0 Å². The number of aliphatic hydroxyl groups is 1. The van der Waals surface area contributed by atoms with Crippen LogP contribution in [-0.2, 0) is 0 Å². The lowest BCUT2D eigenvalue weighted by molar-refractivity contribution is 0.0915. The van der Waals surface area contributed by atoms with Crippen LogP contribution in [0.5, 0.6) is 0 Å². The molecule has 1 aliphatic rings. The predicted octanol–water partition coefficient (Wildman–Crippen LogP) is 3.14. The fourth-order valence-corrected chi connectivity index (χ4v) is 1.77. The standard InChI is InChI=1S/C12H22O/c1-12(2,3)9-8-11(13)10-6-4-5-7-10/h4-5,10-11,13H,6-9H2,1-3H3. The lowest BCUT2D eigenvalue weighted by Gasteiger charge is -2.23. The Morgan fingerprint density at radius 2 is 1.85 bits per heavy atom. The van der Waals surface area contributed by atoms with Crippen molar-refractivity contribution in [2.75, 3.05) is 0 Å². The van der Waals surface area contributed by atoms with E-state index in [-0.39, 0.29) is 6.10 Å². The Bertz CT molecular complexity index is 168. The Morgan fingerprint density at radius 3 is 2.31 bits per heavy atom. The molecule has 1 aliphatic carbocycles. The van der Waals surface area contributed by atoms with Crippen LogP contribution in [-0.4, -0.2) is 11.2 Å². The Kier molecular flexibility index (Phi) is 3.55. The molecule has 0 heterocycles. The third-order valence-electron chi connectivity index (χ3n) is 2.78. The summed E-state index contributed by atoms with van der Waals surface area (Å²) < 4.78 is 0. The van der Waals surface area contributed by atoms with Crippen molar-refractivity contribution in [3.8, 4) is 0 Å². The smallest absolute Gasteiger partial charge is 0.0574 e. The van der Waals surface area contributed by atoms with Crippen LogP contribution in [0.1, 0.15) is 46.5 Å². The van der Waals surface area contributed by atoms with Gasteiger partial charge in [0, 0.05) is 0 Å². The van der Waals surface area contributed by atoms with E-state index in [4.69, 9.17) is 0 Å². The highest BCUT2D eigenvalue weighted by molar-refractivity contribution is 4.96. The Labute approximate surface area is 81.9 Å². The molecular weight excluding hydrogens is 160 g/mol. The molecule has 0 aromatic rings. The Hall–Kier alpha value is -0.300. The number of hydrogen-bond acceptors (Lipinski definition) is 1. The molecule has 13 heavy (non-hydrogen) atoms. The van der Waals surface area contributed by atoms with Crippen molar-refractivity contribution in [1.29, 1.82) is 0 Å². The fourth-order valence-electron chi connectivity index (χ4n) is 1.77. The minimum Gasteiger partial charge on any atom is -0.393 e. The maximum absolute atomic E-state index is 9.87. The number of rotatable bonds is 3. The molecule has 0 fully saturated rings. The zero-order chi connectivity index (χ0) is 9.90. The van der Waals surface area contributed by atoms with Crippen molar-refractivity contribution in [1.82, 2.24) is 0 Å². The van der Waals surface area contributed by atoms with Crippen molar-refractivity contribution in [2.24, 2.45) is 11.3 Å². The summed E-state index contributed by atoms with van der Waals surface area (Å²) in [4.78, 5) is 0. The van der Waals surface area contributed by atoms with Gasteiger partial charge in [-0.3, -0.25) is 0 Å². The second-order valence-corrected chi connectivity index (χ2v) is 5.37. The molecule has 0 saturated heterocycles. The Balaban J connectivity index is 2.21. The summed E-state index contributed by atoms with van der Waals surface area (Å²) in [6, 6.07) is 0. The summed E-state index contributed by atoms with van der Waals surface area (Å²) in [7, 11) is 0. The monoisotopic (exact) mass is 182 g/mol. The number of hydrogen-bond donors (Lipinski definition) is 1. The van der Waals surface area contributed by atoms with Gasteiger partial charge in [-0.1, -0.05) is 32.9 Å². The van der Waals surface area contributed by atoms with E-state index in [1.54, 1.807) is 0 Å². The van der Waals surface area contributed by atoms with Gasteiger partial charge >= 0.3 is 0 Å². The van der Waals surface area contributed by atoms with Crippen molar-refractivity contribution < 1.29 is 5.11 Å². The molecule has 1 nitrogen and oxygen atoms in total. The summed E-state index contributed by atoms with van der Waals surface area (Å²) in [5, 5.41) is 9.87. The molecule has 0 aliphatic heterocycles. The number of allylic oxidation sites excluding steroid dienone is 2. The van der Waals surface area contributed by atoms with E-state index >= 15 is 0 Å². The van der Waals surface area contributed by atoms with Crippen LogP contribution in [0.3, 0.4) is 0 Å². The van der Waals surface area contributed by atoms with Crippen LogP contribution in [0.4, 0.5) is 0 Å². The van der Waals surface area contributed by atoms with E-state index in [9.17, 15) is 5.11 Å². The van der Waals surface area contributed by atoms with Gasteiger partial charge in [0.15, 0.2) is 0 Å². The summed E-state index contributed by atoms with van der Waals surface area (Å²) in [5.74, 6) is 0.502. The third kappa shape index (κ3) is 3.95. The molecule has 0 aromatic heterocycles. The second kappa shape index (κ2) is 4.28. The average Bonchev–Trinajstić information content (AvgIpc) is 2.50. The lowest BCUT2D eigenvalue weighted by atomic mass is 9.86. The van der Waals surface area contributed by atoms with Gasteiger partial charge in [0.2, 0.25) is 0 Å². The molecule has 1 atom stereocenters. The summed E-state index contributed by atoms with van der Waals surface area (Å²) in [6.07, 6.45) is 8.50. The van der Waals surface area contributed by atoms with Crippen molar-refractivity contribution in [2.45, 2.75) is 52.6 Å². The van der Waals surface area contributed by atoms with E-state index in [1.807, 2.05) is 0 Å². The quantitative estimate of drug-likeness (QED) is 0.665. The minimum atomic E-state index is -0.0887. The normalized spacial score (nSPS) is 20.9. The molecule has 1 unspecified atom stereocenters. The first kappa shape index (κ1) is 10.8. The molecular formula is C12H22O. The molecule has 0 saturated carbocycles. The highest BCUT2D eigenvalue weighted by Gasteiger charge is 2.21. The molecule has 1 N–H and O–H groups in total. The largest absolute Gasteiger partial charge is 0.393 e. The van der Waals surface area contributed by atoms with Gasteiger partial charge < -0.3 is 5.11 Å². The molecule has 0 amide bonds. The fraction of sp³-hybridized carbons (Fsp3) is 0.833. The Morgan fingerprint density at radius 1 is 1.31 bits per heavy atom. The SMILES string of the molecule is CC(C)(C)CCC(O)C1CC=CC1. The van der Waals surface area contributed by atoms with Crippen LogP contribution < -0.4 is 0 Å². The first-order chi connectivity index (χ1) is 5.99.